The predicted molar refractivity (Wildman–Crippen MR) is 98.4 cm³/mol. The molecule has 0 unspecified atom stereocenters. The highest BCUT2D eigenvalue weighted by molar-refractivity contribution is 5.91. The summed E-state index contributed by atoms with van der Waals surface area (Å²) in [5.41, 5.74) is 3.49. The van der Waals surface area contributed by atoms with Crippen molar-refractivity contribution in [1.82, 2.24) is 9.55 Å². The van der Waals surface area contributed by atoms with E-state index < -0.39 is 0 Å². The van der Waals surface area contributed by atoms with Crippen LogP contribution in [-0.2, 0) is 11.3 Å². The molecule has 26 heavy (non-hydrogen) atoms. The molecular weight excluding hydrogens is 333 g/mol. The topological polar surface area (TPSA) is 64.0 Å². The van der Waals surface area contributed by atoms with Crippen molar-refractivity contribution in [2.75, 3.05) is 5.32 Å². The number of anilines is 1. The van der Waals surface area contributed by atoms with E-state index in [1.807, 2.05) is 32.0 Å². The molecule has 1 N–H and O–H groups in total. The van der Waals surface area contributed by atoms with Gasteiger partial charge in [-0.25, -0.2) is 9.37 Å². The summed E-state index contributed by atoms with van der Waals surface area (Å²) in [4.78, 5) is 28.7. The second-order valence-electron chi connectivity index (χ2n) is 6.04. The zero-order valence-corrected chi connectivity index (χ0v) is 14.5. The zero-order valence-electron chi connectivity index (χ0n) is 14.5. The number of amides is 1. The summed E-state index contributed by atoms with van der Waals surface area (Å²) in [6.45, 7) is 3.76. The largest absolute Gasteiger partial charge is 0.324 e. The Morgan fingerprint density at radius 1 is 1.15 bits per heavy atom. The molecule has 1 amide bonds. The number of benzene rings is 2. The normalized spacial score (nSPS) is 10.6. The molecule has 0 saturated carbocycles. The Morgan fingerprint density at radius 3 is 2.58 bits per heavy atom. The van der Waals surface area contributed by atoms with Gasteiger partial charge in [0.1, 0.15) is 12.4 Å². The number of halogens is 1. The number of aryl methyl sites for hydroxylation is 1. The Balaban J connectivity index is 1.76. The van der Waals surface area contributed by atoms with Gasteiger partial charge < -0.3 is 5.32 Å². The molecule has 0 aliphatic rings. The average molecular weight is 351 g/mol. The second kappa shape index (κ2) is 7.31. The third-order valence-electron chi connectivity index (χ3n) is 4.21. The van der Waals surface area contributed by atoms with Crippen LogP contribution in [0.3, 0.4) is 0 Å². The van der Waals surface area contributed by atoms with E-state index in [0.29, 0.717) is 11.3 Å². The third-order valence-corrected chi connectivity index (χ3v) is 4.21. The second-order valence-corrected chi connectivity index (χ2v) is 6.04. The lowest BCUT2D eigenvalue weighted by atomic mass is 10.1. The Bertz CT molecular complexity index is 1010. The number of carbonyl (C=O) groups excluding carboxylic acids is 1. The van der Waals surface area contributed by atoms with Crippen molar-refractivity contribution in [3.63, 3.8) is 0 Å². The molecule has 0 bridgehead atoms. The van der Waals surface area contributed by atoms with Crippen molar-refractivity contribution in [2.45, 2.75) is 20.4 Å². The summed E-state index contributed by atoms with van der Waals surface area (Å²) in [6.07, 6.45) is 1.32. The van der Waals surface area contributed by atoms with Crippen LogP contribution in [0, 0.1) is 19.7 Å². The first-order valence-electron chi connectivity index (χ1n) is 8.12. The lowest BCUT2D eigenvalue weighted by molar-refractivity contribution is -0.116. The van der Waals surface area contributed by atoms with Crippen LogP contribution < -0.4 is 10.9 Å². The Hall–Kier alpha value is -3.28. The molecule has 132 valence electrons. The lowest BCUT2D eigenvalue weighted by Crippen LogP contribution is -2.27. The minimum absolute atomic E-state index is 0.136. The van der Waals surface area contributed by atoms with Gasteiger partial charge in [0.05, 0.1) is 12.0 Å². The molecule has 3 aromatic rings. The van der Waals surface area contributed by atoms with Crippen LogP contribution in [0.4, 0.5) is 10.1 Å². The maximum atomic E-state index is 13.0. The van der Waals surface area contributed by atoms with Crippen LogP contribution in [0.25, 0.3) is 11.3 Å². The Labute approximate surface area is 150 Å². The molecule has 0 atom stereocenters. The van der Waals surface area contributed by atoms with Gasteiger partial charge in [0.2, 0.25) is 5.91 Å². The highest BCUT2D eigenvalue weighted by Crippen LogP contribution is 2.18. The van der Waals surface area contributed by atoms with Gasteiger partial charge in [0.25, 0.3) is 5.56 Å². The Morgan fingerprint density at radius 2 is 1.88 bits per heavy atom. The monoisotopic (exact) mass is 351 g/mol. The van der Waals surface area contributed by atoms with Gasteiger partial charge in [0, 0.05) is 17.3 Å². The number of nitrogens with one attached hydrogen (secondary N) is 1. The van der Waals surface area contributed by atoms with Crippen molar-refractivity contribution in [2.24, 2.45) is 0 Å². The Kier molecular flexibility index (Phi) is 4.93. The van der Waals surface area contributed by atoms with Gasteiger partial charge in [-0.3, -0.25) is 14.2 Å². The summed E-state index contributed by atoms with van der Waals surface area (Å²) < 4.78 is 14.2. The SMILES string of the molecule is Cc1cccc(NC(=O)Cn2cnc(-c3ccc(F)cc3)cc2=O)c1C. The van der Waals surface area contributed by atoms with E-state index in [0.717, 1.165) is 16.8 Å². The van der Waals surface area contributed by atoms with Crippen LogP contribution in [0.1, 0.15) is 11.1 Å². The average Bonchev–Trinajstić information content (AvgIpc) is 2.61. The molecule has 2 aromatic carbocycles. The first kappa shape index (κ1) is 17.5. The van der Waals surface area contributed by atoms with Crippen LogP contribution in [0.15, 0.2) is 59.7 Å². The lowest BCUT2D eigenvalue weighted by Gasteiger charge is -2.11. The van der Waals surface area contributed by atoms with Gasteiger partial charge >= 0.3 is 0 Å². The molecule has 6 heteroatoms. The fraction of sp³-hybridized carbons (Fsp3) is 0.150. The van der Waals surface area contributed by atoms with E-state index in [9.17, 15) is 14.0 Å². The number of carbonyl (C=O) groups is 1. The fourth-order valence-corrected chi connectivity index (χ4v) is 2.55. The molecule has 0 spiro atoms. The van der Waals surface area contributed by atoms with E-state index in [1.165, 1.54) is 29.1 Å². The summed E-state index contributed by atoms with van der Waals surface area (Å²) in [5, 5.41) is 2.81. The van der Waals surface area contributed by atoms with E-state index in [1.54, 1.807) is 12.1 Å². The summed E-state index contributed by atoms with van der Waals surface area (Å²) in [6, 6.07) is 12.7. The molecule has 3 rings (SSSR count). The van der Waals surface area contributed by atoms with Gasteiger partial charge in [-0.15, -0.1) is 0 Å². The molecule has 0 radical (unpaired) electrons. The van der Waals surface area contributed by atoms with Crippen LogP contribution >= 0.6 is 0 Å². The smallest absolute Gasteiger partial charge is 0.254 e. The predicted octanol–water partition coefficient (Wildman–Crippen LogP) is 3.30. The number of hydrogen-bond donors (Lipinski definition) is 1. The van der Waals surface area contributed by atoms with E-state index in [-0.39, 0.29) is 23.8 Å². The summed E-state index contributed by atoms with van der Waals surface area (Å²) in [7, 11) is 0. The fourth-order valence-electron chi connectivity index (χ4n) is 2.55. The number of aromatic nitrogens is 2. The minimum atomic E-state index is -0.356. The van der Waals surface area contributed by atoms with Gasteiger partial charge in [-0.2, -0.15) is 0 Å². The minimum Gasteiger partial charge on any atom is -0.324 e. The molecule has 0 aliphatic heterocycles. The summed E-state index contributed by atoms with van der Waals surface area (Å²) in [5.74, 6) is -0.665. The standard InChI is InChI=1S/C20H18FN3O2/c1-13-4-3-5-17(14(13)2)23-19(25)11-24-12-22-18(10-20(24)26)15-6-8-16(21)9-7-15/h3-10,12H,11H2,1-2H3,(H,23,25). The van der Waals surface area contributed by atoms with Crippen molar-refractivity contribution in [3.05, 3.63) is 82.2 Å². The molecule has 5 nitrogen and oxygen atoms in total. The van der Waals surface area contributed by atoms with Crippen molar-refractivity contribution < 1.29 is 9.18 Å². The maximum absolute atomic E-state index is 13.0. The van der Waals surface area contributed by atoms with E-state index in [4.69, 9.17) is 0 Å². The molecule has 0 aliphatic carbocycles. The van der Waals surface area contributed by atoms with E-state index >= 15 is 0 Å². The zero-order chi connectivity index (χ0) is 18.7. The first-order chi connectivity index (χ1) is 12.4. The molecule has 0 saturated heterocycles. The van der Waals surface area contributed by atoms with Gasteiger partial charge in [-0.1, -0.05) is 12.1 Å². The summed E-state index contributed by atoms with van der Waals surface area (Å²) >= 11 is 0. The quantitative estimate of drug-likeness (QED) is 0.784. The van der Waals surface area contributed by atoms with Crippen molar-refractivity contribution in [3.8, 4) is 11.3 Å². The van der Waals surface area contributed by atoms with Gasteiger partial charge in [-0.05, 0) is 55.3 Å². The maximum Gasteiger partial charge on any atom is 0.254 e. The molecule has 1 heterocycles. The molecule has 1 aromatic heterocycles. The van der Waals surface area contributed by atoms with Crippen LogP contribution in [0.2, 0.25) is 0 Å². The van der Waals surface area contributed by atoms with Gasteiger partial charge in [0.15, 0.2) is 0 Å². The van der Waals surface area contributed by atoms with Crippen molar-refractivity contribution in [1.29, 1.82) is 0 Å². The number of nitrogens with zero attached hydrogens (tertiary/aromatic N) is 2. The van der Waals surface area contributed by atoms with E-state index in [2.05, 4.69) is 10.3 Å². The molecular formula is C20H18FN3O2. The molecule has 0 fully saturated rings. The van der Waals surface area contributed by atoms with Crippen LogP contribution in [-0.4, -0.2) is 15.5 Å². The number of hydrogen-bond acceptors (Lipinski definition) is 3. The number of rotatable bonds is 4. The third kappa shape index (κ3) is 3.85. The first-order valence-corrected chi connectivity index (χ1v) is 8.12. The highest BCUT2D eigenvalue weighted by atomic mass is 19.1. The van der Waals surface area contributed by atoms with Crippen molar-refractivity contribution >= 4 is 11.6 Å². The highest BCUT2D eigenvalue weighted by Gasteiger charge is 2.09. The van der Waals surface area contributed by atoms with Crippen LogP contribution in [0.5, 0.6) is 0 Å².